The van der Waals surface area contributed by atoms with Crippen LogP contribution in [0.25, 0.3) is 0 Å². The van der Waals surface area contributed by atoms with Crippen molar-refractivity contribution < 1.29 is 14.7 Å². The zero-order valence-corrected chi connectivity index (χ0v) is 10.3. The Balaban J connectivity index is 2.54. The lowest BCUT2D eigenvalue weighted by molar-refractivity contribution is -0.140. The number of likely N-dealkylation sites (tertiary alicyclic amines) is 1. The van der Waals surface area contributed by atoms with E-state index in [1.165, 1.54) is 0 Å². The molecule has 1 heterocycles. The molecule has 1 rings (SSSR count). The van der Waals surface area contributed by atoms with Gasteiger partial charge in [0, 0.05) is 24.9 Å². The maximum atomic E-state index is 11.7. The zero-order valence-electron chi connectivity index (χ0n) is 10.3. The Labute approximate surface area is 96.6 Å². The number of piperidine rings is 1. The molecule has 1 atom stereocenters. The lowest BCUT2D eigenvalue weighted by atomic mass is 9.90. The average Bonchev–Trinajstić information content (AvgIpc) is 2.14. The van der Waals surface area contributed by atoms with Gasteiger partial charge in [-0.1, -0.05) is 0 Å². The predicted molar refractivity (Wildman–Crippen MR) is 61.1 cm³/mol. The van der Waals surface area contributed by atoms with Crippen molar-refractivity contribution >= 4 is 11.9 Å². The number of amides is 1. The molecule has 4 nitrogen and oxygen atoms in total. The fourth-order valence-electron chi connectivity index (χ4n) is 2.13. The van der Waals surface area contributed by atoms with Crippen molar-refractivity contribution in [3.63, 3.8) is 0 Å². The Morgan fingerprint density at radius 2 is 2.12 bits per heavy atom. The molecule has 1 unspecified atom stereocenters. The van der Waals surface area contributed by atoms with Crippen molar-refractivity contribution in [3.8, 4) is 0 Å². The number of carbonyl (C=O) groups is 2. The standard InChI is InChI=1S/C12H21NO3/c1-12(2,3)13-8-9(4-6-10(13)14)5-7-11(15)16/h9H,4-8H2,1-3H3,(H,15,16). The summed E-state index contributed by atoms with van der Waals surface area (Å²) in [6, 6.07) is 0. The van der Waals surface area contributed by atoms with Crippen LogP contribution in [0.2, 0.25) is 0 Å². The number of aliphatic carboxylic acids is 1. The molecule has 1 aliphatic heterocycles. The van der Waals surface area contributed by atoms with Crippen LogP contribution in [0.15, 0.2) is 0 Å². The summed E-state index contributed by atoms with van der Waals surface area (Å²) in [6.07, 6.45) is 2.27. The van der Waals surface area contributed by atoms with Crippen LogP contribution in [0.4, 0.5) is 0 Å². The molecule has 0 radical (unpaired) electrons. The van der Waals surface area contributed by atoms with Crippen LogP contribution in [0.5, 0.6) is 0 Å². The molecular weight excluding hydrogens is 206 g/mol. The average molecular weight is 227 g/mol. The number of hydrogen-bond donors (Lipinski definition) is 1. The van der Waals surface area contributed by atoms with Crippen LogP contribution in [-0.4, -0.2) is 34.0 Å². The summed E-state index contributed by atoms with van der Waals surface area (Å²) < 4.78 is 0. The number of rotatable bonds is 3. The van der Waals surface area contributed by atoms with Crippen LogP contribution in [0.1, 0.15) is 46.5 Å². The van der Waals surface area contributed by atoms with E-state index in [1.54, 1.807) is 0 Å². The summed E-state index contributed by atoms with van der Waals surface area (Å²) >= 11 is 0. The third-order valence-electron chi connectivity index (χ3n) is 3.08. The van der Waals surface area contributed by atoms with E-state index in [9.17, 15) is 9.59 Å². The smallest absolute Gasteiger partial charge is 0.303 e. The van der Waals surface area contributed by atoms with Crippen molar-refractivity contribution in [1.82, 2.24) is 4.90 Å². The fourth-order valence-corrected chi connectivity index (χ4v) is 2.13. The van der Waals surface area contributed by atoms with E-state index in [4.69, 9.17) is 5.11 Å². The Bertz CT molecular complexity index is 280. The molecule has 4 heteroatoms. The number of hydrogen-bond acceptors (Lipinski definition) is 2. The molecule has 0 saturated carbocycles. The molecule has 0 aromatic carbocycles. The van der Waals surface area contributed by atoms with E-state index in [0.717, 1.165) is 6.42 Å². The number of carboxylic acid groups (broad SMARTS) is 1. The summed E-state index contributed by atoms with van der Waals surface area (Å²) in [7, 11) is 0. The normalized spacial score (nSPS) is 22.3. The molecule has 1 saturated heterocycles. The van der Waals surface area contributed by atoms with Gasteiger partial charge < -0.3 is 10.0 Å². The van der Waals surface area contributed by atoms with E-state index in [1.807, 2.05) is 25.7 Å². The van der Waals surface area contributed by atoms with Gasteiger partial charge in [0.15, 0.2) is 0 Å². The Hall–Kier alpha value is -1.06. The topological polar surface area (TPSA) is 57.6 Å². The number of carbonyl (C=O) groups excluding carboxylic acids is 1. The highest BCUT2D eigenvalue weighted by molar-refractivity contribution is 5.77. The molecule has 0 aliphatic carbocycles. The minimum absolute atomic E-state index is 0.154. The van der Waals surface area contributed by atoms with Gasteiger partial charge in [0.1, 0.15) is 0 Å². The van der Waals surface area contributed by atoms with Crippen molar-refractivity contribution in [2.75, 3.05) is 6.54 Å². The second-order valence-electron chi connectivity index (χ2n) is 5.51. The molecule has 0 aromatic rings. The van der Waals surface area contributed by atoms with E-state index < -0.39 is 5.97 Å². The van der Waals surface area contributed by atoms with E-state index in [0.29, 0.717) is 25.3 Å². The molecule has 0 aromatic heterocycles. The van der Waals surface area contributed by atoms with Crippen LogP contribution in [0, 0.1) is 5.92 Å². The van der Waals surface area contributed by atoms with Gasteiger partial charge in [-0.25, -0.2) is 0 Å². The largest absolute Gasteiger partial charge is 0.481 e. The molecule has 16 heavy (non-hydrogen) atoms. The van der Waals surface area contributed by atoms with Gasteiger partial charge in [0.25, 0.3) is 0 Å². The van der Waals surface area contributed by atoms with Gasteiger partial charge in [-0.05, 0) is 39.5 Å². The van der Waals surface area contributed by atoms with Gasteiger partial charge >= 0.3 is 5.97 Å². The lowest BCUT2D eigenvalue weighted by Gasteiger charge is -2.41. The highest BCUT2D eigenvalue weighted by Crippen LogP contribution is 2.27. The number of nitrogens with zero attached hydrogens (tertiary/aromatic N) is 1. The van der Waals surface area contributed by atoms with Gasteiger partial charge in [0.2, 0.25) is 5.91 Å². The van der Waals surface area contributed by atoms with Crippen LogP contribution in [0.3, 0.4) is 0 Å². The fraction of sp³-hybridized carbons (Fsp3) is 0.833. The van der Waals surface area contributed by atoms with Crippen LogP contribution >= 0.6 is 0 Å². The van der Waals surface area contributed by atoms with E-state index >= 15 is 0 Å². The summed E-state index contributed by atoms with van der Waals surface area (Å²) in [5.41, 5.74) is -0.154. The summed E-state index contributed by atoms with van der Waals surface area (Å²) in [6.45, 7) is 6.76. The quantitative estimate of drug-likeness (QED) is 0.801. The second kappa shape index (κ2) is 4.85. The zero-order chi connectivity index (χ0) is 12.3. The van der Waals surface area contributed by atoms with E-state index in [2.05, 4.69) is 0 Å². The van der Waals surface area contributed by atoms with E-state index in [-0.39, 0.29) is 17.9 Å². The van der Waals surface area contributed by atoms with Crippen LogP contribution in [-0.2, 0) is 9.59 Å². The van der Waals surface area contributed by atoms with Crippen molar-refractivity contribution in [2.45, 2.75) is 52.0 Å². The first-order valence-corrected chi connectivity index (χ1v) is 5.83. The van der Waals surface area contributed by atoms with Crippen molar-refractivity contribution in [2.24, 2.45) is 5.92 Å². The van der Waals surface area contributed by atoms with Crippen LogP contribution < -0.4 is 0 Å². The summed E-state index contributed by atoms with van der Waals surface area (Å²) in [5, 5.41) is 8.64. The highest BCUT2D eigenvalue weighted by Gasteiger charge is 2.32. The SMILES string of the molecule is CC(C)(C)N1CC(CCC(=O)O)CCC1=O. The molecule has 92 valence electrons. The lowest BCUT2D eigenvalue weighted by Crippen LogP contribution is -2.50. The summed E-state index contributed by atoms with van der Waals surface area (Å²) in [4.78, 5) is 24.1. The first-order valence-electron chi connectivity index (χ1n) is 5.83. The van der Waals surface area contributed by atoms with Gasteiger partial charge in [-0.15, -0.1) is 0 Å². The maximum Gasteiger partial charge on any atom is 0.303 e. The second-order valence-corrected chi connectivity index (χ2v) is 5.51. The maximum absolute atomic E-state index is 11.7. The molecular formula is C12H21NO3. The molecule has 1 amide bonds. The molecule has 1 N–H and O–H groups in total. The Morgan fingerprint density at radius 3 is 2.62 bits per heavy atom. The monoisotopic (exact) mass is 227 g/mol. The highest BCUT2D eigenvalue weighted by atomic mass is 16.4. The Morgan fingerprint density at radius 1 is 1.50 bits per heavy atom. The first kappa shape index (κ1) is 13.0. The summed E-state index contributed by atoms with van der Waals surface area (Å²) in [5.74, 6) is -0.216. The molecule has 0 bridgehead atoms. The first-order chi connectivity index (χ1) is 7.30. The minimum Gasteiger partial charge on any atom is -0.481 e. The molecule has 1 fully saturated rings. The third-order valence-corrected chi connectivity index (χ3v) is 3.08. The van der Waals surface area contributed by atoms with Crippen molar-refractivity contribution in [1.29, 1.82) is 0 Å². The van der Waals surface area contributed by atoms with Crippen molar-refractivity contribution in [3.05, 3.63) is 0 Å². The third kappa shape index (κ3) is 3.51. The molecule has 0 spiro atoms. The molecule has 1 aliphatic rings. The Kier molecular flexibility index (Phi) is 3.94. The van der Waals surface area contributed by atoms with Gasteiger partial charge in [0.05, 0.1) is 0 Å². The number of carboxylic acids is 1. The van der Waals surface area contributed by atoms with Gasteiger partial charge in [-0.2, -0.15) is 0 Å². The minimum atomic E-state index is -0.751. The predicted octanol–water partition coefficient (Wildman–Crippen LogP) is 1.89. The van der Waals surface area contributed by atoms with Gasteiger partial charge in [-0.3, -0.25) is 9.59 Å².